The minimum absolute atomic E-state index is 0.103. The SMILES string of the molecule is C\C=C/C=C1/C(=O)OC(C)/C1=C/C. The molecule has 1 saturated heterocycles. The van der Waals surface area contributed by atoms with E-state index in [1.54, 1.807) is 6.08 Å². The second-order valence-electron chi connectivity index (χ2n) is 2.90. The molecule has 1 fully saturated rings. The lowest BCUT2D eigenvalue weighted by molar-refractivity contribution is -0.137. The van der Waals surface area contributed by atoms with E-state index in [0.717, 1.165) is 5.57 Å². The Morgan fingerprint density at radius 1 is 1.38 bits per heavy atom. The topological polar surface area (TPSA) is 26.3 Å². The Morgan fingerprint density at radius 2 is 2.08 bits per heavy atom. The Kier molecular flexibility index (Phi) is 3.07. The van der Waals surface area contributed by atoms with E-state index >= 15 is 0 Å². The highest BCUT2D eigenvalue weighted by molar-refractivity contribution is 5.97. The third-order valence-corrected chi connectivity index (χ3v) is 2.02. The maximum atomic E-state index is 11.3. The van der Waals surface area contributed by atoms with Crippen molar-refractivity contribution in [3.8, 4) is 0 Å². The van der Waals surface area contributed by atoms with E-state index < -0.39 is 0 Å². The third kappa shape index (κ3) is 1.89. The smallest absolute Gasteiger partial charge is 0.339 e. The molecule has 1 rings (SSSR count). The van der Waals surface area contributed by atoms with Crippen LogP contribution in [0.4, 0.5) is 0 Å². The van der Waals surface area contributed by atoms with Gasteiger partial charge in [-0.15, -0.1) is 0 Å². The molecule has 0 saturated carbocycles. The first-order valence-electron chi connectivity index (χ1n) is 4.41. The summed E-state index contributed by atoms with van der Waals surface area (Å²) in [5, 5.41) is 0. The summed E-state index contributed by atoms with van der Waals surface area (Å²) in [7, 11) is 0. The van der Waals surface area contributed by atoms with E-state index in [9.17, 15) is 4.79 Å². The van der Waals surface area contributed by atoms with Crippen LogP contribution in [0.1, 0.15) is 20.8 Å². The minimum Gasteiger partial charge on any atom is -0.454 e. The van der Waals surface area contributed by atoms with Crippen molar-refractivity contribution in [1.82, 2.24) is 0 Å². The molecule has 0 N–H and O–H groups in total. The van der Waals surface area contributed by atoms with E-state index in [4.69, 9.17) is 4.74 Å². The van der Waals surface area contributed by atoms with E-state index in [0.29, 0.717) is 5.57 Å². The molecule has 0 amide bonds. The molecule has 0 radical (unpaired) electrons. The zero-order valence-electron chi connectivity index (χ0n) is 8.20. The highest BCUT2D eigenvalue weighted by Crippen LogP contribution is 2.26. The average molecular weight is 178 g/mol. The quantitative estimate of drug-likeness (QED) is 0.455. The van der Waals surface area contributed by atoms with E-state index in [2.05, 4.69) is 0 Å². The van der Waals surface area contributed by atoms with E-state index in [-0.39, 0.29) is 12.1 Å². The van der Waals surface area contributed by atoms with Crippen LogP contribution in [0.5, 0.6) is 0 Å². The van der Waals surface area contributed by atoms with Crippen LogP contribution in [0.2, 0.25) is 0 Å². The van der Waals surface area contributed by atoms with Crippen molar-refractivity contribution in [2.24, 2.45) is 0 Å². The molecule has 1 aliphatic heterocycles. The molecular formula is C11H14O2. The number of cyclic esters (lactones) is 1. The van der Waals surface area contributed by atoms with Crippen LogP contribution in [0.15, 0.2) is 35.5 Å². The van der Waals surface area contributed by atoms with Crippen LogP contribution >= 0.6 is 0 Å². The third-order valence-electron chi connectivity index (χ3n) is 2.02. The highest BCUT2D eigenvalue weighted by atomic mass is 16.5. The summed E-state index contributed by atoms with van der Waals surface area (Å²) >= 11 is 0. The number of hydrogen-bond acceptors (Lipinski definition) is 2. The molecular weight excluding hydrogens is 164 g/mol. The molecule has 1 atom stereocenters. The van der Waals surface area contributed by atoms with Gasteiger partial charge in [0.15, 0.2) is 0 Å². The van der Waals surface area contributed by atoms with Gasteiger partial charge < -0.3 is 4.74 Å². The maximum Gasteiger partial charge on any atom is 0.339 e. The summed E-state index contributed by atoms with van der Waals surface area (Å²) in [6, 6.07) is 0. The van der Waals surface area contributed by atoms with E-state index in [1.165, 1.54) is 0 Å². The predicted molar refractivity (Wildman–Crippen MR) is 52.2 cm³/mol. The fourth-order valence-electron chi connectivity index (χ4n) is 1.37. The molecule has 1 unspecified atom stereocenters. The molecule has 0 aromatic carbocycles. The largest absolute Gasteiger partial charge is 0.454 e. The number of carbonyl (C=O) groups is 1. The monoisotopic (exact) mass is 178 g/mol. The molecule has 0 spiro atoms. The summed E-state index contributed by atoms with van der Waals surface area (Å²) in [4.78, 5) is 11.3. The van der Waals surface area contributed by atoms with Crippen molar-refractivity contribution >= 4 is 5.97 Å². The van der Waals surface area contributed by atoms with Crippen molar-refractivity contribution in [3.05, 3.63) is 35.5 Å². The second-order valence-corrected chi connectivity index (χ2v) is 2.90. The summed E-state index contributed by atoms with van der Waals surface area (Å²) in [5.74, 6) is -0.223. The van der Waals surface area contributed by atoms with Crippen molar-refractivity contribution in [3.63, 3.8) is 0 Å². The Morgan fingerprint density at radius 3 is 2.62 bits per heavy atom. The predicted octanol–water partition coefficient (Wildman–Crippen LogP) is 2.38. The van der Waals surface area contributed by atoms with Gasteiger partial charge in [0, 0.05) is 5.57 Å². The number of carbonyl (C=O) groups excluding carboxylic acids is 1. The Bertz CT molecular complexity index is 295. The van der Waals surface area contributed by atoms with Crippen LogP contribution in [0.25, 0.3) is 0 Å². The summed E-state index contributed by atoms with van der Waals surface area (Å²) in [6.45, 7) is 5.71. The van der Waals surface area contributed by atoms with Gasteiger partial charge in [-0.1, -0.05) is 18.2 Å². The van der Waals surface area contributed by atoms with E-state index in [1.807, 2.05) is 39.0 Å². The lowest BCUT2D eigenvalue weighted by Gasteiger charge is -2.00. The van der Waals surface area contributed by atoms with Gasteiger partial charge in [0.1, 0.15) is 6.10 Å². The summed E-state index contributed by atoms with van der Waals surface area (Å²) in [6.07, 6.45) is 7.34. The molecule has 2 nitrogen and oxygen atoms in total. The molecule has 2 heteroatoms. The maximum absolute atomic E-state index is 11.3. The van der Waals surface area contributed by atoms with Gasteiger partial charge in [-0.25, -0.2) is 4.79 Å². The van der Waals surface area contributed by atoms with Gasteiger partial charge in [0.25, 0.3) is 0 Å². The molecule has 0 aliphatic carbocycles. The molecule has 1 aliphatic rings. The fourth-order valence-corrected chi connectivity index (χ4v) is 1.37. The minimum atomic E-state index is -0.223. The molecule has 0 bridgehead atoms. The van der Waals surface area contributed by atoms with Crippen LogP contribution in [-0.2, 0) is 9.53 Å². The second kappa shape index (κ2) is 4.08. The molecule has 0 aromatic rings. The Labute approximate surface area is 78.6 Å². The Balaban J connectivity index is 3.01. The first-order valence-corrected chi connectivity index (χ1v) is 4.41. The van der Waals surface area contributed by atoms with Gasteiger partial charge in [-0.3, -0.25) is 0 Å². The fraction of sp³-hybridized carbons (Fsp3) is 0.364. The van der Waals surface area contributed by atoms with Crippen molar-refractivity contribution in [1.29, 1.82) is 0 Å². The van der Waals surface area contributed by atoms with Crippen LogP contribution in [0.3, 0.4) is 0 Å². The summed E-state index contributed by atoms with van der Waals surface area (Å²) < 4.78 is 5.06. The van der Waals surface area contributed by atoms with Crippen molar-refractivity contribution < 1.29 is 9.53 Å². The molecule has 1 heterocycles. The van der Waals surface area contributed by atoms with Gasteiger partial charge in [0.2, 0.25) is 0 Å². The van der Waals surface area contributed by atoms with Crippen LogP contribution in [0, 0.1) is 0 Å². The summed E-state index contributed by atoms with van der Waals surface area (Å²) in [5.41, 5.74) is 1.65. The highest BCUT2D eigenvalue weighted by Gasteiger charge is 2.29. The number of hydrogen-bond donors (Lipinski definition) is 0. The van der Waals surface area contributed by atoms with Crippen LogP contribution < -0.4 is 0 Å². The first-order chi connectivity index (χ1) is 6.20. The average Bonchev–Trinajstić information content (AvgIpc) is 2.37. The lowest BCUT2D eigenvalue weighted by Crippen LogP contribution is -2.00. The van der Waals surface area contributed by atoms with Gasteiger partial charge in [-0.05, 0) is 26.8 Å². The van der Waals surface area contributed by atoms with Gasteiger partial charge in [-0.2, -0.15) is 0 Å². The standard InChI is InChI=1S/C11H14O2/c1-4-6-7-10-9(5-2)8(3)13-11(10)12/h4-8H,1-3H3/b6-4-,9-5-,10-7+. The Hall–Kier alpha value is -1.31. The van der Waals surface area contributed by atoms with Crippen LogP contribution in [-0.4, -0.2) is 12.1 Å². The molecule has 70 valence electrons. The zero-order chi connectivity index (χ0) is 9.84. The van der Waals surface area contributed by atoms with Crippen molar-refractivity contribution in [2.75, 3.05) is 0 Å². The van der Waals surface area contributed by atoms with Gasteiger partial charge >= 0.3 is 5.97 Å². The first kappa shape index (κ1) is 9.78. The molecule has 13 heavy (non-hydrogen) atoms. The normalized spacial score (nSPS) is 29.2. The number of esters is 1. The lowest BCUT2D eigenvalue weighted by atomic mass is 10.0. The van der Waals surface area contributed by atoms with Gasteiger partial charge in [0.05, 0.1) is 5.57 Å². The molecule has 0 aromatic heterocycles. The van der Waals surface area contributed by atoms with Crippen molar-refractivity contribution in [2.45, 2.75) is 26.9 Å². The zero-order valence-corrected chi connectivity index (χ0v) is 8.20. The number of allylic oxidation sites excluding steroid dienone is 4. The number of ether oxygens (including phenoxy) is 1. The number of rotatable bonds is 1.